The number of benzene rings is 1. The summed E-state index contributed by atoms with van der Waals surface area (Å²) in [6.07, 6.45) is 0. The van der Waals surface area contributed by atoms with Gasteiger partial charge in [0.25, 0.3) is 0 Å². The standard InChI is InChI=1S/C11H15N3O2S2/c1-8-6-13-11(17-8)14-7-9-2-4-10(5-3-9)18(12,15)16/h2-5,8H,6-7H2,1H3,(H,13,14)(H2,12,15,16). The van der Waals surface area contributed by atoms with Crippen molar-refractivity contribution in [2.45, 2.75) is 23.6 Å². The van der Waals surface area contributed by atoms with Gasteiger partial charge in [-0.25, -0.2) is 13.6 Å². The van der Waals surface area contributed by atoms with E-state index in [0.29, 0.717) is 11.8 Å². The lowest BCUT2D eigenvalue weighted by molar-refractivity contribution is 0.597. The lowest BCUT2D eigenvalue weighted by atomic mass is 10.2. The van der Waals surface area contributed by atoms with Gasteiger partial charge in [0.15, 0.2) is 5.17 Å². The van der Waals surface area contributed by atoms with Crippen LogP contribution in [0.5, 0.6) is 0 Å². The fraction of sp³-hybridized carbons (Fsp3) is 0.364. The molecule has 2 rings (SSSR count). The molecule has 1 atom stereocenters. The fourth-order valence-electron chi connectivity index (χ4n) is 1.55. The largest absolute Gasteiger partial charge is 0.361 e. The molecule has 1 aromatic rings. The van der Waals surface area contributed by atoms with Crippen LogP contribution in [0.2, 0.25) is 0 Å². The minimum atomic E-state index is -3.61. The predicted octanol–water partition coefficient (Wildman–Crippen LogP) is 0.915. The number of nitrogens with two attached hydrogens (primary N) is 1. The van der Waals surface area contributed by atoms with Crippen LogP contribution in [0.4, 0.5) is 0 Å². The molecule has 0 aliphatic carbocycles. The Balaban J connectivity index is 1.95. The van der Waals surface area contributed by atoms with Crippen molar-refractivity contribution >= 4 is 27.0 Å². The molecule has 0 aromatic heterocycles. The Bertz CT molecular complexity index is 552. The van der Waals surface area contributed by atoms with Crippen LogP contribution in [0.3, 0.4) is 0 Å². The van der Waals surface area contributed by atoms with Crippen molar-refractivity contribution in [1.82, 2.24) is 5.32 Å². The third-order valence-corrected chi connectivity index (χ3v) is 4.48. The second-order valence-corrected chi connectivity index (χ2v) is 7.11. The Morgan fingerprint density at radius 2 is 2.11 bits per heavy atom. The number of sulfonamides is 1. The maximum absolute atomic E-state index is 11.1. The van der Waals surface area contributed by atoms with E-state index in [1.165, 1.54) is 12.1 Å². The molecule has 1 aromatic carbocycles. The van der Waals surface area contributed by atoms with Gasteiger partial charge in [0.05, 0.1) is 11.4 Å². The van der Waals surface area contributed by atoms with E-state index >= 15 is 0 Å². The van der Waals surface area contributed by atoms with E-state index in [2.05, 4.69) is 17.2 Å². The van der Waals surface area contributed by atoms with Gasteiger partial charge < -0.3 is 5.32 Å². The molecule has 1 heterocycles. The predicted molar refractivity (Wildman–Crippen MR) is 74.0 cm³/mol. The zero-order valence-corrected chi connectivity index (χ0v) is 11.6. The maximum Gasteiger partial charge on any atom is 0.238 e. The number of aliphatic imine (C=N–C) groups is 1. The van der Waals surface area contributed by atoms with Crippen LogP contribution in [-0.2, 0) is 16.6 Å². The lowest BCUT2D eigenvalue weighted by Crippen LogP contribution is -2.18. The first-order chi connectivity index (χ1) is 8.45. The van der Waals surface area contributed by atoms with Gasteiger partial charge in [-0.05, 0) is 17.7 Å². The second kappa shape index (κ2) is 5.29. The summed E-state index contributed by atoms with van der Waals surface area (Å²) in [5.74, 6) is 0. The summed E-state index contributed by atoms with van der Waals surface area (Å²) in [6.45, 7) is 3.60. The molecule has 5 nitrogen and oxygen atoms in total. The van der Waals surface area contributed by atoms with Crippen LogP contribution in [0.25, 0.3) is 0 Å². The highest BCUT2D eigenvalue weighted by Gasteiger charge is 2.14. The first kappa shape index (κ1) is 13.4. The molecule has 0 radical (unpaired) electrons. The van der Waals surface area contributed by atoms with Crippen LogP contribution in [-0.4, -0.2) is 25.4 Å². The van der Waals surface area contributed by atoms with Crippen LogP contribution in [0.1, 0.15) is 12.5 Å². The minimum Gasteiger partial charge on any atom is -0.361 e. The van der Waals surface area contributed by atoms with E-state index in [1.54, 1.807) is 23.9 Å². The number of amidine groups is 1. The molecular formula is C11H15N3O2S2. The Morgan fingerprint density at radius 3 is 2.61 bits per heavy atom. The van der Waals surface area contributed by atoms with E-state index in [0.717, 1.165) is 17.3 Å². The normalized spacial score (nSPS) is 19.7. The number of hydrogen-bond donors (Lipinski definition) is 2. The summed E-state index contributed by atoms with van der Waals surface area (Å²) in [5.41, 5.74) is 0.991. The van der Waals surface area contributed by atoms with Crippen LogP contribution >= 0.6 is 11.8 Å². The summed E-state index contributed by atoms with van der Waals surface area (Å²) in [4.78, 5) is 4.47. The summed E-state index contributed by atoms with van der Waals surface area (Å²) >= 11 is 1.72. The van der Waals surface area contributed by atoms with Crippen molar-refractivity contribution < 1.29 is 8.42 Å². The first-order valence-electron chi connectivity index (χ1n) is 5.52. The molecule has 0 fully saturated rings. The Labute approximate surface area is 111 Å². The van der Waals surface area contributed by atoms with Gasteiger partial charge in [0, 0.05) is 11.8 Å². The quantitative estimate of drug-likeness (QED) is 0.864. The molecule has 1 unspecified atom stereocenters. The third kappa shape index (κ3) is 3.47. The molecule has 0 amide bonds. The third-order valence-electron chi connectivity index (χ3n) is 2.50. The molecule has 1 aliphatic rings. The number of rotatable bonds is 3. The van der Waals surface area contributed by atoms with Crippen molar-refractivity contribution in [2.75, 3.05) is 6.54 Å². The number of primary sulfonamides is 1. The molecule has 18 heavy (non-hydrogen) atoms. The molecular weight excluding hydrogens is 270 g/mol. The van der Waals surface area contributed by atoms with Gasteiger partial charge in [0.2, 0.25) is 10.0 Å². The highest BCUT2D eigenvalue weighted by molar-refractivity contribution is 8.14. The van der Waals surface area contributed by atoms with E-state index < -0.39 is 10.0 Å². The average molecular weight is 285 g/mol. The van der Waals surface area contributed by atoms with Crippen molar-refractivity contribution in [2.24, 2.45) is 10.1 Å². The molecule has 98 valence electrons. The zero-order chi connectivity index (χ0) is 13.2. The molecule has 0 spiro atoms. The van der Waals surface area contributed by atoms with Gasteiger partial charge in [-0.2, -0.15) is 0 Å². The summed E-state index contributed by atoms with van der Waals surface area (Å²) in [6, 6.07) is 6.52. The topological polar surface area (TPSA) is 84.5 Å². The fourth-order valence-corrected chi connectivity index (χ4v) is 2.90. The van der Waals surface area contributed by atoms with Crippen molar-refractivity contribution in [1.29, 1.82) is 0 Å². The number of hydrogen-bond acceptors (Lipinski definition) is 5. The van der Waals surface area contributed by atoms with Crippen LogP contribution in [0.15, 0.2) is 34.2 Å². The second-order valence-electron chi connectivity index (χ2n) is 4.12. The molecule has 0 saturated heterocycles. The summed E-state index contributed by atoms with van der Waals surface area (Å²) < 4.78 is 22.2. The zero-order valence-electron chi connectivity index (χ0n) is 9.96. The molecule has 0 saturated carbocycles. The Hall–Kier alpha value is -1.05. The van der Waals surface area contributed by atoms with E-state index in [-0.39, 0.29) is 4.90 Å². The van der Waals surface area contributed by atoms with E-state index in [4.69, 9.17) is 5.14 Å². The van der Waals surface area contributed by atoms with Gasteiger partial charge in [-0.1, -0.05) is 30.8 Å². The van der Waals surface area contributed by atoms with Gasteiger partial charge in [-0.3, -0.25) is 4.99 Å². The maximum atomic E-state index is 11.1. The monoisotopic (exact) mass is 285 g/mol. The average Bonchev–Trinajstić information content (AvgIpc) is 2.72. The highest BCUT2D eigenvalue weighted by Crippen LogP contribution is 2.18. The molecule has 3 N–H and O–H groups in total. The van der Waals surface area contributed by atoms with Crippen LogP contribution in [0, 0.1) is 0 Å². The molecule has 0 bridgehead atoms. The minimum absolute atomic E-state index is 0.132. The highest BCUT2D eigenvalue weighted by atomic mass is 32.2. The van der Waals surface area contributed by atoms with Crippen molar-refractivity contribution in [3.63, 3.8) is 0 Å². The number of nitrogens with zero attached hydrogens (tertiary/aromatic N) is 1. The smallest absolute Gasteiger partial charge is 0.238 e. The number of nitrogens with one attached hydrogen (secondary N) is 1. The summed E-state index contributed by atoms with van der Waals surface area (Å²) in [5, 5.41) is 9.72. The van der Waals surface area contributed by atoms with Gasteiger partial charge in [0.1, 0.15) is 0 Å². The lowest BCUT2D eigenvalue weighted by Gasteiger charge is -2.06. The van der Waals surface area contributed by atoms with Crippen LogP contribution < -0.4 is 10.5 Å². The SMILES string of the molecule is CC1CN=C(NCc2ccc(S(N)(=O)=O)cc2)S1. The first-order valence-corrected chi connectivity index (χ1v) is 7.94. The van der Waals surface area contributed by atoms with Gasteiger partial charge in [-0.15, -0.1) is 0 Å². The van der Waals surface area contributed by atoms with E-state index in [1.807, 2.05) is 0 Å². The number of thioether (sulfide) groups is 1. The summed E-state index contributed by atoms with van der Waals surface area (Å²) in [7, 11) is -3.61. The Morgan fingerprint density at radius 1 is 1.44 bits per heavy atom. The van der Waals surface area contributed by atoms with Crippen molar-refractivity contribution in [3.05, 3.63) is 29.8 Å². The molecule has 7 heteroatoms. The Kier molecular flexibility index (Phi) is 3.94. The van der Waals surface area contributed by atoms with E-state index in [9.17, 15) is 8.42 Å². The van der Waals surface area contributed by atoms with Crippen molar-refractivity contribution in [3.8, 4) is 0 Å². The molecule has 1 aliphatic heterocycles. The van der Waals surface area contributed by atoms with Gasteiger partial charge >= 0.3 is 0 Å².